The molecule has 0 saturated carbocycles. The van der Waals surface area contributed by atoms with Gasteiger partial charge < -0.3 is 19.3 Å². The number of hydrogen-bond acceptors (Lipinski definition) is 6. The Morgan fingerprint density at radius 3 is 2.38 bits per heavy atom. The van der Waals surface area contributed by atoms with E-state index in [1.807, 2.05) is 0 Å². The van der Waals surface area contributed by atoms with E-state index in [1.165, 1.54) is 21.3 Å². The molecular formula is C15H18O6. The Bertz CT molecular complexity index is 562. The number of ether oxygens (including phenoxy) is 3. The molecule has 0 amide bonds. The van der Waals surface area contributed by atoms with Crippen molar-refractivity contribution in [2.24, 2.45) is 0 Å². The molecule has 0 bridgehead atoms. The molecule has 0 aliphatic carbocycles. The third-order valence-electron chi connectivity index (χ3n) is 2.94. The molecule has 0 aliphatic heterocycles. The molecule has 114 valence electrons. The van der Waals surface area contributed by atoms with Crippen molar-refractivity contribution in [1.82, 2.24) is 0 Å². The highest BCUT2D eigenvalue weighted by Gasteiger charge is 2.25. The molecular weight excluding hydrogens is 276 g/mol. The van der Waals surface area contributed by atoms with E-state index in [-0.39, 0.29) is 23.5 Å². The number of carbonyl (C=O) groups is 2. The number of hydrogen-bond donors (Lipinski definition) is 1. The smallest absolute Gasteiger partial charge is 0.342 e. The zero-order valence-corrected chi connectivity index (χ0v) is 12.3. The second-order valence-electron chi connectivity index (χ2n) is 4.19. The summed E-state index contributed by atoms with van der Waals surface area (Å²) in [5.74, 6) is -1.42. The summed E-state index contributed by atoms with van der Waals surface area (Å²) >= 11 is 0. The number of aromatic hydroxyl groups is 1. The largest absolute Gasteiger partial charge is 0.504 e. The number of methoxy groups -OCH3 is 3. The minimum Gasteiger partial charge on any atom is -0.504 e. The molecule has 0 radical (unpaired) electrons. The Morgan fingerprint density at radius 1 is 1.24 bits per heavy atom. The van der Waals surface area contributed by atoms with E-state index in [2.05, 4.69) is 16.1 Å². The van der Waals surface area contributed by atoms with Crippen LogP contribution < -0.4 is 4.74 Å². The molecule has 6 heteroatoms. The van der Waals surface area contributed by atoms with E-state index in [4.69, 9.17) is 4.74 Å². The normalized spacial score (nSPS) is 9.86. The molecule has 0 unspecified atom stereocenters. The van der Waals surface area contributed by atoms with Gasteiger partial charge in [-0.15, -0.1) is 6.58 Å². The average Bonchev–Trinajstić information content (AvgIpc) is 2.49. The van der Waals surface area contributed by atoms with Gasteiger partial charge >= 0.3 is 11.9 Å². The van der Waals surface area contributed by atoms with E-state index in [0.29, 0.717) is 17.5 Å². The van der Waals surface area contributed by atoms with Crippen molar-refractivity contribution in [3.63, 3.8) is 0 Å². The predicted octanol–water partition coefficient (Wildman–Crippen LogP) is 1.63. The van der Waals surface area contributed by atoms with Gasteiger partial charge in [-0.1, -0.05) is 12.1 Å². The van der Waals surface area contributed by atoms with Gasteiger partial charge in [-0.05, 0) is 12.0 Å². The van der Waals surface area contributed by atoms with Gasteiger partial charge in [-0.2, -0.15) is 0 Å². The third-order valence-corrected chi connectivity index (χ3v) is 2.94. The van der Waals surface area contributed by atoms with Crippen LogP contribution in [0.15, 0.2) is 18.7 Å². The molecule has 1 aromatic rings. The van der Waals surface area contributed by atoms with E-state index in [1.54, 1.807) is 12.1 Å². The summed E-state index contributed by atoms with van der Waals surface area (Å²) in [5.41, 5.74) is 0.865. The Hall–Kier alpha value is -2.50. The minimum atomic E-state index is -0.703. The first-order valence-electron chi connectivity index (χ1n) is 6.17. The summed E-state index contributed by atoms with van der Waals surface area (Å²) in [6.45, 7) is 3.60. The van der Waals surface area contributed by atoms with Gasteiger partial charge in [-0.3, -0.25) is 4.79 Å². The van der Waals surface area contributed by atoms with Crippen molar-refractivity contribution < 1.29 is 28.9 Å². The molecule has 0 spiro atoms. The Balaban J connectivity index is 3.55. The van der Waals surface area contributed by atoms with Crippen LogP contribution in [0.3, 0.4) is 0 Å². The maximum Gasteiger partial charge on any atom is 0.342 e. The molecule has 21 heavy (non-hydrogen) atoms. The lowest BCUT2D eigenvalue weighted by Crippen LogP contribution is -2.13. The van der Waals surface area contributed by atoms with Gasteiger partial charge in [0.2, 0.25) is 0 Å². The van der Waals surface area contributed by atoms with E-state index in [0.717, 1.165) is 0 Å². The topological polar surface area (TPSA) is 82.1 Å². The molecule has 6 nitrogen and oxygen atoms in total. The van der Waals surface area contributed by atoms with E-state index >= 15 is 0 Å². The number of benzene rings is 1. The van der Waals surface area contributed by atoms with Gasteiger partial charge in [0.1, 0.15) is 5.56 Å². The third kappa shape index (κ3) is 3.53. The molecule has 1 aromatic carbocycles. The minimum absolute atomic E-state index is 0.00992. The summed E-state index contributed by atoms with van der Waals surface area (Å²) in [6.07, 6.45) is 1.81. The summed E-state index contributed by atoms with van der Waals surface area (Å²) in [5, 5.41) is 10.2. The summed E-state index contributed by atoms with van der Waals surface area (Å²) in [7, 11) is 3.78. The van der Waals surface area contributed by atoms with Gasteiger partial charge in [0.15, 0.2) is 11.5 Å². The van der Waals surface area contributed by atoms with Gasteiger partial charge in [0.25, 0.3) is 0 Å². The Labute approximate surface area is 122 Å². The quantitative estimate of drug-likeness (QED) is 0.634. The molecule has 1 rings (SSSR count). The van der Waals surface area contributed by atoms with Crippen molar-refractivity contribution in [3.05, 3.63) is 35.4 Å². The fourth-order valence-electron chi connectivity index (χ4n) is 1.96. The molecule has 0 fully saturated rings. The number of phenols is 1. The van der Waals surface area contributed by atoms with Crippen molar-refractivity contribution in [1.29, 1.82) is 0 Å². The van der Waals surface area contributed by atoms with Crippen LogP contribution >= 0.6 is 0 Å². The lowest BCUT2D eigenvalue weighted by atomic mass is 9.97. The number of rotatable bonds is 6. The first kappa shape index (κ1) is 16.6. The molecule has 0 aliphatic rings. The lowest BCUT2D eigenvalue weighted by Gasteiger charge is -2.16. The van der Waals surface area contributed by atoms with Crippen molar-refractivity contribution in [2.45, 2.75) is 12.8 Å². The van der Waals surface area contributed by atoms with Crippen LogP contribution in [0.25, 0.3) is 0 Å². The summed E-state index contributed by atoms with van der Waals surface area (Å²) in [6, 6.07) is 1.54. The average molecular weight is 294 g/mol. The highest BCUT2D eigenvalue weighted by atomic mass is 16.5. The standard InChI is InChI=1S/C15H18O6/c1-5-6-9-7-10(8-11(16)19-2)12(15(18)21-4)14(20-3)13(9)17/h5,7,17H,1,6,8H2,2-4H3. The molecule has 1 N–H and O–H groups in total. The molecule has 0 heterocycles. The second kappa shape index (κ2) is 7.33. The fraction of sp³-hybridized carbons (Fsp3) is 0.333. The highest BCUT2D eigenvalue weighted by Crippen LogP contribution is 2.37. The number of esters is 2. The van der Waals surface area contributed by atoms with Crippen LogP contribution in [-0.2, 0) is 27.1 Å². The van der Waals surface area contributed by atoms with Crippen molar-refractivity contribution in [2.75, 3.05) is 21.3 Å². The molecule has 0 atom stereocenters. The number of carbonyl (C=O) groups excluding carboxylic acids is 2. The van der Waals surface area contributed by atoms with Crippen molar-refractivity contribution >= 4 is 11.9 Å². The van der Waals surface area contributed by atoms with Crippen LogP contribution in [0.5, 0.6) is 11.5 Å². The fourth-order valence-corrected chi connectivity index (χ4v) is 1.96. The highest BCUT2D eigenvalue weighted by molar-refractivity contribution is 5.96. The zero-order chi connectivity index (χ0) is 16.0. The SMILES string of the molecule is C=CCc1cc(CC(=O)OC)c(C(=O)OC)c(OC)c1O. The predicted molar refractivity (Wildman–Crippen MR) is 75.6 cm³/mol. The lowest BCUT2D eigenvalue weighted by molar-refractivity contribution is -0.139. The Morgan fingerprint density at radius 2 is 1.90 bits per heavy atom. The first-order valence-corrected chi connectivity index (χ1v) is 6.17. The maximum absolute atomic E-state index is 11.9. The summed E-state index contributed by atoms with van der Waals surface area (Å²) in [4.78, 5) is 23.4. The monoisotopic (exact) mass is 294 g/mol. The van der Waals surface area contributed by atoms with Gasteiger partial charge in [0.05, 0.1) is 27.8 Å². The van der Waals surface area contributed by atoms with Crippen molar-refractivity contribution in [3.8, 4) is 11.5 Å². The van der Waals surface area contributed by atoms with Crippen LogP contribution in [0.1, 0.15) is 21.5 Å². The van der Waals surface area contributed by atoms with Crippen LogP contribution in [0.4, 0.5) is 0 Å². The number of allylic oxidation sites excluding steroid dienone is 1. The Kier molecular flexibility index (Phi) is 5.78. The van der Waals surface area contributed by atoms with Gasteiger partial charge in [0, 0.05) is 5.56 Å². The van der Waals surface area contributed by atoms with E-state index < -0.39 is 11.9 Å². The van der Waals surface area contributed by atoms with Crippen LogP contribution in [-0.4, -0.2) is 38.4 Å². The van der Waals surface area contributed by atoms with E-state index in [9.17, 15) is 14.7 Å². The summed E-state index contributed by atoms with van der Waals surface area (Å²) < 4.78 is 14.4. The number of phenolic OH excluding ortho intramolecular Hbond substituents is 1. The molecule has 0 aromatic heterocycles. The molecule has 0 saturated heterocycles. The zero-order valence-electron chi connectivity index (χ0n) is 12.3. The van der Waals surface area contributed by atoms with Gasteiger partial charge in [-0.25, -0.2) is 4.79 Å². The van der Waals surface area contributed by atoms with Crippen LogP contribution in [0, 0.1) is 0 Å². The first-order chi connectivity index (χ1) is 9.99. The second-order valence-corrected chi connectivity index (χ2v) is 4.19. The van der Waals surface area contributed by atoms with Crippen LogP contribution in [0.2, 0.25) is 0 Å². The maximum atomic E-state index is 11.9.